The van der Waals surface area contributed by atoms with Gasteiger partial charge in [0.25, 0.3) is 0 Å². The van der Waals surface area contributed by atoms with Crippen LogP contribution in [0.15, 0.2) is 39.4 Å². The number of hydrogen-bond acceptors (Lipinski definition) is 6. The highest BCUT2D eigenvalue weighted by Gasteiger charge is 2.27. The second-order valence-corrected chi connectivity index (χ2v) is 6.20. The van der Waals surface area contributed by atoms with Crippen LogP contribution in [-0.4, -0.2) is 19.9 Å². The van der Waals surface area contributed by atoms with Crippen molar-refractivity contribution < 1.29 is 13.2 Å². The first kappa shape index (κ1) is 12.5. The van der Waals surface area contributed by atoms with Crippen molar-refractivity contribution in [3.63, 3.8) is 0 Å². The van der Waals surface area contributed by atoms with Gasteiger partial charge in [0.1, 0.15) is 11.6 Å². The molecule has 7 heteroatoms. The lowest BCUT2D eigenvalue weighted by Gasteiger charge is -2.01. The molecule has 0 atom stereocenters. The van der Waals surface area contributed by atoms with E-state index >= 15 is 0 Å². The first-order valence-corrected chi connectivity index (χ1v) is 7.11. The number of sulfone groups is 1. The second kappa shape index (κ2) is 4.76. The molecule has 0 bridgehead atoms. The Morgan fingerprint density at radius 3 is 2.56 bits per heavy atom. The van der Waals surface area contributed by atoms with E-state index in [1.54, 1.807) is 18.2 Å². The fourth-order valence-corrected chi connectivity index (χ4v) is 3.86. The molecule has 0 fully saturated rings. The lowest BCUT2D eigenvalue weighted by Crippen LogP contribution is -2.01. The Kier molecular flexibility index (Phi) is 3.32. The van der Waals surface area contributed by atoms with E-state index in [0.29, 0.717) is 0 Å². The molecule has 2 rings (SSSR count). The van der Waals surface area contributed by atoms with E-state index in [2.05, 4.69) is 4.37 Å². The molecule has 0 unspecified atom stereocenters. The van der Waals surface area contributed by atoms with Gasteiger partial charge < -0.3 is 4.74 Å². The van der Waals surface area contributed by atoms with E-state index in [0.717, 1.165) is 11.5 Å². The van der Waals surface area contributed by atoms with E-state index < -0.39 is 9.84 Å². The number of ether oxygens (including phenoxy) is 1. The van der Waals surface area contributed by atoms with Gasteiger partial charge in [-0.25, -0.2) is 8.42 Å². The van der Waals surface area contributed by atoms with Crippen molar-refractivity contribution in [2.45, 2.75) is 9.10 Å². The normalized spacial score (nSPS) is 10.9. The van der Waals surface area contributed by atoms with Crippen molar-refractivity contribution in [1.82, 2.24) is 4.37 Å². The summed E-state index contributed by atoms with van der Waals surface area (Å²) in [6.45, 7) is 0. The number of rotatable bonds is 3. The smallest absolute Gasteiger partial charge is 0.244 e. The molecular formula is C11H8N2O3S2. The first-order valence-electron chi connectivity index (χ1n) is 4.85. The number of nitrogens with zero attached hydrogens (tertiary/aromatic N) is 2. The van der Waals surface area contributed by atoms with Gasteiger partial charge in [-0.15, -0.1) is 0 Å². The summed E-state index contributed by atoms with van der Waals surface area (Å²) >= 11 is 0.742. The zero-order valence-electron chi connectivity index (χ0n) is 9.32. The third kappa shape index (κ3) is 1.96. The maximum absolute atomic E-state index is 12.3. The summed E-state index contributed by atoms with van der Waals surface area (Å²) < 4.78 is 33.2. The maximum Gasteiger partial charge on any atom is 0.244 e. The van der Waals surface area contributed by atoms with Crippen LogP contribution in [0.2, 0.25) is 0 Å². The highest BCUT2D eigenvalue weighted by Crippen LogP contribution is 2.32. The molecule has 2 aromatic rings. The predicted octanol–water partition coefficient (Wildman–Crippen LogP) is 1.86. The maximum atomic E-state index is 12.3. The number of hydrogen-bond donors (Lipinski definition) is 0. The van der Waals surface area contributed by atoms with Gasteiger partial charge in [0.05, 0.1) is 12.0 Å². The molecule has 0 saturated carbocycles. The minimum absolute atomic E-state index is 0.0389. The molecule has 0 saturated heterocycles. The van der Waals surface area contributed by atoms with Gasteiger partial charge in [-0.3, -0.25) is 0 Å². The minimum atomic E-state index is -3.72. The van der Waals surface area contributed by atoms with Gasteiger partial charge in [-0.1, -0.05) is 18.2 Å². The molecule has 1 heterocycles. The molecule has 1 aromatic carbocycles. The monoisotopic (exact) mass is 280 g/mol. The van der Waals surface area contributed by atoms with E-state index in [4.69, 9.17) is 10.00 Å². The zero-order valence-corrected chi connectivity index (χ0v) is 11.0. The molecular weight excluding hydrogens is 272 g/mol. The van der Waals surface area contributed by atoms with Crippen LogP contribution in [0.3, 0.4) is 0 Å². The molecule has 0 spiro atoms. The highest BCUT2D eigenvalue weighted by atomic mass is 32.2. The Labute approximate surface area is 108 Å². The van der Waals surface area contributed by atoms with E-state index in [-0.39, 0.29) is 20.5 Å². The van der Waals surface area contributed by atoms with Crippen molar-refractivity contribution in [2.75, 3.05) is 7.11 Å². The van der Waals surface area contributed by atoms with Crippen LogP contribution in [-0.2, 0) is 9.84 Å². The topological polar surface area (TPSA) is 80.0 Å². The Morgan fingerprint density at radius 1 is 1.33 bits per heavy atom. The molecule has 92 valence electrons. The third-order valence-corrected chi connectivity index (χ3v) is 5.33. The standard InChI is InChI=1S/C11H8N2O3S2/c1-16-10-9(7-12)11(17-13-10)18(14,15)8-5-3-2-4-6-8/h2-6H,1H3. The minimum Gasteiger partial charge on any atom is -0.479 e. The Bertz CT molecular complexity index is 700. The van der Waals surface area contributed by atoms with Crippen LogP contribution >= 0.6 is 11.5 Å². The van der Waals surface area contributed by atoms with Crippen LogP contribution in [0.5, 0.6) is 5.88 Å². The van der Waals surface area contributed by atoms with Gasteiger partial charge in [0.2, 0.25) is 15.7 Å². The van der Waals surface area contributed by atoms with Gasteiger partial charge in [0.15, 0.2) is 4.21 Å². The van der Waals surface area contributed by atoms with Crippen LogP contribution in [0, 0.1) is 11.3 Å². The van der Waals surface area contributed by atoms with Crippen LogP contribution in [0.1, 0.15) is 5.56 Å². The summed E-state index contributed by atoms with van der Waals surface area (Å²) in [6, 6.07) is 9.73. The Hall–Kier alpha value is -1.91. The van der Waals surface area contributed by atoms with Crippen LogP contribution < -0.4 is 4.74 Å². The number of nitriles is 1. The fraction of sp³-hybridized carbons (Fsp3) is 0.0909. The predicted molar refractivity (Wildman–Crippen MR) is 65.3 cm³/mol. The van der Waals surface area contributed by atoms with Gasteiger partial charge >= 0.3 is 0 Å². The first-order chi connectivity index (χ1) is 8.61. The van der Waals surface area contributed by atoms with Crippen molar-refractivity contribution in [3.8, 4) is 11.9 Å². The van der Waals surface area contributed by atoms with Gasteiger partial charge in [0, 0.05) is 0 Å². The largest absolute Gasteiger partial charge is 0.479 e. The summed E-state index contributed by atoms with van der Waals surface area (Å²) in [5.41, 5.74) is -0.0497. The summed E-state index contributed by atoms with van der Waals surface area (Å²) in [6.07, 6.45) is 0. The molecule has 0 radical (unpaired) electrons. The second-order valence-electron chi connectivity index (χ2n) is 3.28. The average Bonchev–Trinajstić information content (AvgIpc) is 2.83. The molecule has 0 aliphatic heterocycles. The summed E-state index contributed by atoms with van der Waals surface area (Å²) in [4.78, 5) is 0.132. The van der Waals surface area contributed by atoms with E-state index in [9.17, 15) is 8.42 Å². The molecule has 0 aliphatic rings. The number of methoxy groups -OCH3 is 1. The van der Waals surface area contributed by atoms with E-state index in [1.807, 2.05) is 6.07 Å². The molecule has 0 N–H and O–H groups in total. The summed E-state index contributed by atoms with van der Waals surface area (Å²) in [7, 11) is -2.38. The van der Waals surface area contributed by atoms with E-state index in [1.165, 1.54) is 19.2 Å². The van der Waals surface area contributed by atoms with Crippen LogP contribution in [0.25, 0.3) is 0 Å². The molecule has 0 aliphatic carbocycles. The zero-order chi connectivity index (χ0) is 13.2. The molecule has 0 amide bonds. The van der Waals surface area contributed by atoms with Gasteiger partial charge in [-0.05, 0) is 23.7 Å². The quantitative estimate of drug-likeness (QED) is 0.857. The van der Waals surface area contributed by atoms with Crippen molar-refractivity contribution >= 4 is 21.4 Å². The molecule has 1 aromatic heterocycles. The summed E-state index contributed by atoms with van der Waals surface area (Å²) in [5.74, 6) is 0.0389. The van der Waals surface area contributed by atoms with Crippen LogP contribution in [0.4, 0.5) is 0 Å². The average molecular weight is 280 g/mol. The number of aromatic nitrogens is 1. The van der Waals surface area contributed by atoms with Crippen molar-refractivity contribution in [2.24, 2.45) is 0 Å². The van der Waals surface area contributed by atoms with Gasteiger partial charge in [-0.2, -0.15) is 9.64 Å². The Balaban J connectivity index is 2.63. The summed E-state index contributed by atoms with van der Waals surface area (Å²) in [5, 5.41) is 9.00. The lowest BCUT2D eigenvalue weighted by molar-refractivity contribution is 0.400. The van der Waals surface area contributed by atoms with Crippen molar-refractivity contribution in [1.29, 1.82) is 5.26 Å². The highest BCUT2D eigenvalue weighted by molar-refractivity contribution is 7.93. The number of benzene rings is 1. The molecule has 18 heavy (non-hydrogen) atoms. The lowest BCUT2D eigenvalue weighted by atomic mass is 10.4. The van der Waals surface area contributed by atoms with Crippen molar-refractivity contribution in [3.05, 3.63) is 35.9 Å². The Morgan fingerprint density at radius 2 is 2.00 bits per heavy atom. The third-order valence-electron chi connectivity index (χ3n) is 2.23. The molecule has 5 nitrogen and oxygen atoms in total. The fourth-order valence-electron chi connectivity index (χ4n) is 1.38. The SMILES string of the molecule is COc1nsc(S(=O)(=O)c2ccccc2)c1C#N.